The molecule has 0 fully saturated rings. The van der Waals surface area contributed by atoms with Gasteiger partial charge in [0.15, 0.2) is 0 Å². The second-order valence-electron chi connectivity index (χ2n) is 9.34. The van der Waals surface area contributed by atoms with Crippen LogP contribution in [0, 0.1) is 0 Å². The Labute approximate surface area is 209 Å². The lowest BCUT2D eigenvalue weighted by molar-refractivity contribution is -0.131. The van der Waals surface area contributed by atoms with Crippen molar-refractivity contribution < 1.29 is 14.4 Å². The van der Waals surface area contributed by atoms with E-state index in [1.165, 1.54) is 70.6 Å². The van der Waals surface area contributed by atoms with E-state index in [9.17, 15) is 14.4 Å². The SMILES string of the molecule is CCCCCCCCCCCCCCCC(=O)N(CCCNC(=O)CC)CCCNC(=O)CN. The van der Waals surface area contributed by atoms with Crippen LogP contribution in [-0.2, 0) is 14.4 Å². The molecule has 4 N–H and O–H groups in total. The van der Waals surface area contributed by atoms with Gasteiger partial charge < -0.3 is 21.3 Å². The third kappa shape index (κ3) is 20.9. The van der Waals surface area contributed by atoms with E-state index >= 15 is 0 Å². The summed E-state index contributed by atoms with van der Waals surface area (Å²) in [5.74, 6) is 0.0384. The molecule has 0 rings (SSSR count). The molecule has 7 nitrogen and oxygen atoms in total. The zero-order chi connectivity index (χ0) is 25.3. The number of hydrogen-bond acceptors (Lipinski definition) is 4. The van der Waals surface area contributed by atoms with E-state index in [0.717, 1.165) is 19.3 Å². The third-order valence-corrected chi connectivity index (χ3v) is 6.21. The largest absolute Gasteiger partial charge is 0.356 e. The Morgan fingerprint density at radius 3 is 1.50 bits per heavy atom. The second-order valence-corrected chi connectivity index (χ2v) is 9.34. The molecule has 0 aliphatic rings. The summed E-state index contributed by atoms with van der Waals surface area (Å²) in [7, 11) is 0. The first-order valence-corrected chi connectivity index (χ1v) is 14.1. The van der Waals surface area contributed by atoms with Crippen molar-refractivity contribution in [1.29, 1.82) is 0 Å². The van der Waals surface area contributed by atoms with Gasteiger partial charge in [-0.2, -0.15) is 0 Å². The van der Waals surface area contributed by atoms with Crippen LogP contribution in [0.2, 0.25) is 0 Å². The van der Waals surface area contributed by atoms with Crippen LogP contribution in [0.5, 0.6) is 0 Å². The van der Waals surface area contributed by atoms with Crippen LogP contribution in [0.4, 0.5) is 0 Å². The lowest BCUT2D eigenvalue weighted by Crippen LogP contribution is -2.37. The van der Waals surface area contributed by atoms with Gasteiger partial charge in [0.25, 0.3) is 0 Å². The highest BCUT2D eigenvalue weighted by Gasteiger charge is 2.13. The number of rotatable bonds is 24. The Bertz CT molecular complexity index is 490. The average Bonchev–Trinajstić information content (AvgIpc) is 2.85. The number of unbranched alkanes of at least 4 members (excludes halogenated alkanes) is 12. The van der Waals surface area contributed by atoms with Gasteiger partial charge in [0, 0.05) is 39.0 Å². The Balaban J connectivity index is 3.97. The van der Waals surface area contributed by atoms with Gasteiger partial charge >= 0.3 is 0 Å². The van der Waals surface area contributed by atoms with Crippen molar-refractivity contribution >= 4 is 17.7 Å². The molecule has 3 amide bonds. The summed E-state index contributed by atoms with van der Waals surface area (Å²) >= 11 is 0. The van der Waals surface area contributed by atoms with Gasteiger partial charge in [-0.1, -0.05) is 90.9 Å². The maximum absolute atomic E-state index is 12.7. The summed E-state index contributed by atoms with van der Waals surface area (Å²) in [6.45, 7) is 6.42. The zero-order valence-corrected chi connectivity index (χ0v) is 22.3. The fourth-order valence-corrected chi connectivity index (χ4v) is 4.01. The molecule has 0 atom stereocenters. The number of carbonyl (C=O) groups excluding carboxylic acids is 3. The van der Waals surface area contributed by atoms with Crippen LogP contribution >= 0.6 is 0 Å². The molecule has 0 bridgehead atoms. The molecule has 0 aromatic heterocycles. The summed E-state index contributed by atoms with van der Waals surface area (Å²) in [6.07, 6.45) is 19.3. The molecule has 0 spiro atoms. The Morgan fingerprint density at radius 1 is 0.618 bits per heavy atom. The molecule has 0 unspecified atom stereocenters. The molecule has 34 heavy (non-hydrogen) atoms. The van der Waals surface area contributed by atoms with Crippen LogP contribution in [0.1, 0.15) is 123 Å². The first-order chi connectivity index (χ1) is 16.5. The number of nitrogens with two attached hydrogens (primary N) is 1. The molecule has 0 radical (unpaired) electrons. The van der Waals surface area contributed by atoms with Gasteiger partial charge in [-0.15, -0.1) is 0 Å². The highest BCUT2D eigenvalue weighted by molar-refractivity contribution is 5.78. The van der Waals surface area contributed by atoms with Gasteiger partial charge in [0.1, 0.15) is 0 Å². The monoisotopic (exact) mass is 482 g/mol. The second kappa shape index (κ2) is 24.5. The minimum absolute atomic E-state index is 0.0151. The lowest BCUT2D eigenvalue weighted by Gasteiger charge is -2.23. The van der Waals surface area contributed by atoms with Crippen LogP contribution in [0.3, 0.4) is 0 Å². The predicted octanol–water partition coefficient (Wildman–Crippen LogP) is 4.68. The molecule has 200 valence electrons. The van der Waals surface area contributed by atoms with Crippen LogP contribution in [0.15, 0.2) is 0 Å². The number of amides is 3. The fraction of sp³-hybridized carbons (Fsp3) is 0.889. The Morgan fingerprint density at radius 2 is 1.06 bits per heavy atom. The van der Waals surface area contributed by atoms with E-state index < -0.39 is 0 Å². The maximum atomic E-state index is 12.7. The molecule has 0 saturated carbocycles. The fourth-order valence-electron chi connectivity index (χ4n) is 4.01. The van der Waals surface area contributed by atoms with Crippen molar-refractivity contribution in [3.05, 3.63) is 0 Å². The molecule has 0 aromatic carbocycles. The Kier molecular flexibility index (Phi) is 23.3. The normalized spacial score (nSPS) is 10.8. The lowest BCUT2D eigenvalue weighted by atomic mass is 10.0. The van der Waals surface area contributed by atoms with Crippen LogP contribution < -0.4 is 16.4 Å². The molecule has 0 aromatic rings. The molecular formula is C27H54N4O3. The molecular weight excluding hydrogens is 428 g/mol. The standard InChI is InChI=1S/C27H54N4O3/c1-3-5-6-7-8-9-10-11-12-13-14-15-16-19-27(34)31(22-17-20-29-25(32)4-2)23-18-21-30-26(33)24-28/h3-24,28H2,1-2H3,(H,29,32)(H,30,33). The number of nitrogens with one attached hydrogen (secondary N) is 2. The molecule has 0 heterocycles. The highest BCUT2D eigenvalue weighted by atomic mass is 16.2. The summed E-state index contributed by atoms with van der Waals surface area (Å²) in [5.41, 5.74) is 5.31. The van der Waals surface area contributed by atoms with E-state index in [0.29, 0.717) is 45.4 Å². The summed E-state index contributed by atoms with van der Waals surface area (Å²) in [6, 6.07) is 0. The van der Waals surface area contributed by atoms with Gasteiger partial charge in [0.05, 0.1) is 6.54 Å². The summed E-state index contributed by atoms with van der Waals surface area (Å²) in [4.78, 5) is 37.3. The smallest absolute Gasteiger partial charge is 0.233 e. The van der Waals surface area contributed by atoms with Crippen molar-refractivity contribution in [1.82, 2.24) is 15.5 Å². The minimum Gasteiger partial charge on any atom is -0.356 e. The van der Waals surface area contributed by atoms with Crippen LogP contribution in [-0.4, -0.2) is 55.3 Å². The van der Waals surface area contributed by atoms with Crippen molar-refractivity contribution in [3.63, 3.8) is 0 Å². The van der Waals surface area contributed by atoms with Crippen molar-refractivity contribution in [2.45, 2.75) is 123 Å². The third-order valence-electron chi connectivity index (χ3n) is 6.21. The summed E-state index contributed by atoms with van der Waals surface area (Å²) < 4.78 is 0. The highest BCUT2D eigenvalue weighted by Crippen LogP contribution is 2.13. The van der Waals surface area contributed by atoms with Gasteiger partial charge in [-0.05, 0) is 19.3 Å². The molecule has 7 heteroatoms. The van der Waals surface area contributed by atoms with Gasteiger partial charge in [-0.25, -0.2) is 0 Å². The number of nitrogens with zero attached hydrogens (tertiary/aromatic N) is 1. The van der Waals surface area contributed by atoms with Crippen molar-refractivity contribution in [3.8, 4) is 0 Å². The van der Waals surface area contributed by atoms with E-state index in [-0.39, 0.29) is 24.3 Å². The average molecular weight is 483 g/mol. The molecule has 0 aliphatic carbocycles. The van der Waals surface area contributed by atoms with E-state index in [2.05, 4.69) is 17.6 Å². The topological polar surface area (TPSA) is 105 Å². The first kappa shape index (κ1) is 32.4. The number of hydrogen-bond donors (Lipinski definition) is 3. The van der Waals surface area contributed by atoms with Crippen molar-refractivity contribution in [2.75, 3.05) is 32.7 Å². The van der Waals surface area contributed by atoms with E-state index in [1.54, 1.807) is 0 Å². The van der Waals surface area contributed by atoms with Crippen LogP contribution in [0.25, 0.3) is 0 Å². The van der Waals surface area contributed by atoms with Crippen molar-refractivity contribution in [2.24, 2.45) is 5.73 Å². The minimum atomic E-state index is -0.174. The van der Waals surface area contributed by atoms with Gasteiger partial charge in [-0.3, -0.25) is 14.4 Å². The number of carbonyl (C=O) groups is 3. The Hall–Kier alpha value is -1.63. The maximum Gasteiger partial charge on any atom is 0.233 e. The molecule has 0 saturated heterocycles. The van der Waals surface area contributed by atoms with E-state index in [1.807, 2.05) is 11.8 Å². The molecule has 0 aliphatic heterocycles. The van der Waals surface area contributed by atoms with E-state index in [4.69, 9.17) is 5.73 Å². The predicted molar refractivity (Wildman–Crippen MR) is 141 cm³/mol. The zero-order valence-electron chi connectivity index (χ0n) is 22.3. The quantitative estimate of drug-likeness (QED) is 0.174. The first-order valence-electron chi connectivity index (χ1n) is 14.1. The summed E-state index contributed by atoms with van der Waals surface area (Å²) in [5, 5.41) is 5.62. The van der Waals surface area contributed by atoms with Gasteiger partial charge in [0.2, 0.25) is 17.7 Å².